The van der Waals surface area contributed by atoms with Crippen LogP contribution in [0, 0.1) is 6.92 Å². The number of nitrogens with zero attached hydrogens (tertiary/aromatic N) is 1. The summed E-state index contributed by atoms with van der Waals surface area (Å²) in [5, 5.41) is 1.67. The second-order valence-electron chi connectivity index (χ2n) is 4.98. The highest BCUT2D eigenvalue weighted by molar-refractivity contribution is 7.99. The number of aromatic nitrogens is 1. The van der Waals surface area contributed by atoms with Gasteiger partial charge in [0.05, 0.1) is 5.52 Å². The van der Waals surface area contributed by atoms with Gasteiger partial charge in [-0.2, -0.15) is 0 Å². The smallest absolute Gasteiger partial charge is 0.251 e. The van der Waals surface area contributed by atoms with E-state index in [1.807, 2.05) is 18.2 Å². The van der Waals surface area contributed by atoms with Gasteiger partial charge in [-0.1, -0.05) is 47.1 Å². The number of benzene rings is 2. The molecular weight excluding hydrogens is 302 g/mol. The van der Waals surface area contributed by atoms with E-state index in [1.165, 1.54) is 5.56 Å². The van der Waals surface area contributed by atoms with Crippen molar-refractivity contribution >= 4 is 34.3 Å². The minimum atomic E-state index is -0.0284. The molecule has 1 aromatic heterocycles. The Labute approximate surface area is 132 Å². The molecule has 0 atom stereocenters. The lowest BCUT2D eigenvalue weighted by Gasteiger charge is -2.10. The lowest BCUT2D eigenvalue weighted by molar-refractivity contribution is 0.898. The molecule has 3 rings (SSSR count). The quantitative estimate of drug-likeness (QED) is 0.686. The van der Waals surface area contributed by atoms with Crippen LogP contribution in [-0.2, 0) is 7.05 Å². The molecule has 106 valence electrons. The zero-order valence-electron chi connectivity index (χ0n) is 11.8. The molecule has 0 aliphatic rings. The summed E-state index contributed by atoms with van der Waals surface area (Å²) in [6, 6.07) is 15.6. The highest BCUT2D eigenvalue weighted by atomic mass is 35.5. The van der Waals surface area contributed by atoms with Crippen molar-refractivity contribution in [2.45, 2.75) is 16.7 Å². The van der Waals surface area contributed by atoms with E-state index in [1.54, 1.807) is 29.4 Å². The third-order valence-corrected chi connectivity index (χ3v) is 4.72. The monoisotopic (exact) mass is 315 g/mol. The van der Waals surface area contributed by atoms with Crippen molar-refractivity contribution < 1.29 is 0 Å². The molecule has 0 bridgehead atoms. The highest BCUT2D eigenvalue weighted by Gasteiger charge is 2.08. The van der Waals surface area contributed by atoms with Crippen molar-refractivity contribution in [3.05, 3.63) is 69.5 Å². The first-order valence-corrected chi connectivity index (χ1v) is 7.78. The van der Waals surface area contributed by atoms with Crippen LogP contribution in [-0.4, -0.2) is 4.57 Å². The molecule has 0 unspecified atom stereocenters. The van der Waals surface area contributed by atoms with Gasteiger partial charge in [-0.25, -0.2) is 0 Å². The molecule has 0 aliphatic heterocycles. The van der Waals surface area contributed by atoms with E-state index in [0.29, 0.717) is 5.02 Å². The fourth-order valence-corrected chi connectivity index (χ4v) is 3.35. The Morgan fingerprint density at radius 3 is 2.48 bits per heavy atom. The van der Waals surface area contributed by atoms with Crippen molar-refractivity contribution in [3.8, 4) is 0 Å². The Hall–Kier alpha value is -1.71. The molecule has 0 aliphatic carbocycles. The molecule has 4 heteroatoms. The van der Waals surface area contributed by atoms with Crippen LogP contribution < -0.4 is 5.56 Å². The topological polar surface area (TPSA) is 22.0 Å². The number of aryl methyl sites for hydroxylation is 2. The lowest BCUT2D eigenvalue weighted by atomic mass is 10.2. The van der Waals surface area contributed by atoms with Gasteiger partial charge < -0.3 is 4.57 Å². The van der Waals surface area contributed by atoms with E-state index in [0.717, 1.165) is 20.7 Å². The first-order chi connectivity index (χ1) is 10.0. The first-order valence-electron chi connectivity index (χ1n) is 6.58. The zero-order valence-corrected chi connectivity index (χ0v) is 13.3. The van der Waals surface area contributed by atoms with Crippen LogP contribution in [0.1, 0.15) is 5.56 Å². The van der Waals surface area contributed by atoms with Crippen molar-refractivity contribution in [1.29, 1.82) is 0 Å². The fourth-order valence-electron chi connectivity index (χ4n) is 2.21. The molecule has 1 heterocycles. The first kappa shape index (κ1) is 14.2. The largest absolute Gasteiger partial charge is 0.311 e. The summed E-state index contributed by atoms with van der Waals surface area (Å²) >= 11 is 7.65. The third-order valence-electron chi connectivity index (χ3n) is 3.42. The van der Waals surface area contributed by atoms with Crippen LogP contribution in [0.3, 0.4) is 0 Å². The molecule has 0 spiro atoms. The van der Waals surface area contributed by atoms with Crippen molar-refractivity contribution in [2.75, 3.05) is 0 Å². The average molecular weight is 316 g/mol. The maximum atomic E-state index is 12.1. The number of pyridine rings is 1. The molecule has 0 radical (unpaired) electrons. The van der Waals surface area contributed by atoms with Gasteiger partial charge in [0.15, 0.2) is 0 Å². The Morgan fingerprint density at radius 1 is 1.05 bits per heavy atom. The molecule has 0 amide bonds. The summed E-state index contributed by atoms with van der Waals surface area (Å²) in [6.45, 7) is 2.06. The molecule has 0 N–H and O–H groups in total. The van der Waals surface area contributed by atoms with Gasteiger partial charge in [-0.3, -0.25) is 4.79 Å². The Bertz CT molecular complexity index is 868. The number of rotatable bonds is 2. The SMILES string of the molecule is Cc1ccc(Sc2cc(=O)n(C)c3cc(Cl)ccc23)cc1. The molecule has 21 heavy (non-hydrogen) atoms. The van der Waals surface area contributed by atoms with Crippen LogP contribution in [0.4, 0.5) is 0 Å². The second kappa shape index (κ2) is 5.58. The van der Waals surface area contributed by atoms with Gasteiger partial charge in [0.25, 0.3) is 5.56 Å². The van der Waals surface area contributed by atoms with Gasteiger partial charge in [0.2, 0.25) is 0 Å². The summed E-state index contributed by atoms with van der Waals surface area (Å²) in [5.41, 5.74) is 2.05. The van der Waals surface area contributed by atoms with Gasteiger partial charge >= 0.3 is 0 Å². The van der Waals surface area contributed by atoms with E-state index < -0.39 is 0 Å². The number of fused-ring (bicyclic) bond motifs is 1. The third kappa shape index (κ3) is 2.85. The van der Waals surface area contributed by atoms with E-state index in [2.05, 4.69) is 31.2 Å². The van der Waals surface area contributed by atoms with Crippen molar-refractivity contribution in [3.63, 3.8) is 0 Å². The zero-order chi connectivity index (χ0) is 15.0. The van der Waals surface area contributed by atoms with E-state index >= 15 is 0 Å². The predicted molar refractivity (Wildman–Crippen MR) is 89.5 cm³/mol. The molecule has 0 fully saturated rings. The summed E-state index contributed by atoms with van der Waals surface area (Å²) in [5.74, 6) is 0. The van der Waals surface area contributed by atoms with Gasteiger partial charge in [0, 0.05) is 33.3 Å². The Morgan fingerprint density at radius 2 is 1.76 bits per heavy atom. The van der Waals surface area contributed by atoms with Gasteiger partial charge in [-0.05, 0) is 31.2 Å². The van der Waals surface area contributed by atoms with E-state index in [-0.39, 0.29) is 5.56 Å². The maximum absolute atomic E-state index is 12.1. The number of hydrogen-bond acceptors (Lipinski definition) is 2. The van der Waals surface area contributed by atoms with Crippen LogP contribution in [0.5, 0.6) is 0 Å². The normalized spacial score (nSPS) is 11.0. The van der Waals surface area contributed by atoms with Crippen LogP contribution in [0.25, 0.3) is 10.9 Å². The van der Waals surface area contributed by atoms with Gasteiger partial charge in [-0.15, -0.1) is 0 Å². The van der Waals surface area contributed by atoms with Crippen LogP contribution in [0.15, 0.2) is 63.1 Å². The van der Waals surface area contributed by atoms with Crippen molar-refractivity contribution in [2.24, 2.45) is 7.05 Å². The highest BCUT2D eigenvalue weighted by Crippen LogP contribution is 2.33. The summed E-state index contributed by atoms with van der Waals surface area (Å²) in [6.07, 6.45) is 0. The number of hydrogen-bond donors (Lipinski definition) is 0. The van der Waals surface area contributed by atoms with Crippen molar-refractivity contribution in [1.82, 2.24) is 4.57 Å². The fraction of sp³-hybridized carbons (Fsp3) is 0.118. The second-order valence-corrected chi connectivity index (χ2v) is 6.53. The minimum Gasteiger partial charge on any atom is -0.311 e. The minimum absolute atomic E-state index is 0.0284. The standard InChI is InChI=1S/C17H14ClNOS/c1-11-3-6-13(7-4-11)21-16-10-17(20)19(2)15-9-12(18)5-8-14(15)16/h3-10H,1-2H3. The molecule has 0 saturated carbocycles. The Balaban J connectivity index is 2.16. The molecule has 2 nitrogen and oxygen atoms in total. The maximum Gasteiger partial charge on any atom is 0.251 e. The molecule has 3 aromatic rings. The van der Waals surface area contributed by atoms with Crippen LogP contribution in [0.2, 0.25) is 5.02 Å². The van der Waals surface area contributed by atoms with Gasteiger partial charge in [0.1, 0.15) is 0 Å². The lowest BCUT2D eigenvalue weighted by Crippen LogP contribution is -2.16. The number of halogens is 1. The molecule has 0 saturated heterocycles. The van der Waals surface area contributed by atoms with E-state index in [4.69, 9.17) is 11.6 Å². The molecule has 2 aromatic carbocycles. The summed E-state index contributed by atoms with van der Waals surface area (Å²) in [7, 11) is 1.77. The predicted octanol–water partition coefficient (Wildman–Crippen LogP) is 4.65. The van der Waals surface area contributed by atoms with Crippen LogP contribution >= 0.6 is 23.4 Å². The summed E-state index contributed by atoms with van der Waals surface area (Å²) in [4.78, 5) is 14.2. The molecular formula is C17H14ClNOS. The summed E-state index contributed by atoms with van der Waals surface area (Å²) < 4.78 is 1.63. The average Bonchev–Trinajstić information content (AvgIpc) is 2.47. The Kier molecular flexibility index (Phi) is 3.79. The van der Waals surface area contributed by atoms with E-state index in [9.17, 15) is 4.79 Å².